The van der Waals surface area contributed by atoms with E-state index >= 15 is 0 Å². The number of imidazole rings is 1. The molecule has 3 heterocycles. The van der Waals surface area contributed by atoms with Gasteiger partial charge in [-0.2, -0.15) is 0 Å². The van der Waals surface area contributed by atoms with Gasteiger partial charge in [-0.3, -0.25) is 19.3 Å². The molecule has 3 aromatic rings. The molecule has 1 aliphatic heterocycles. The Kier molecular flexibility index (Phi) is 5.73. The van der Waals surface area contributed by atoms with Crippen molar-refractivity contribution in [2.24, 2.45) is 4.99 Å². The van der Waals surface area contributed by atoms with Crippen LogP contribution >= 0.6 is 0 Å². The Labute approximate surface area is 186 Å². The Balaban J connectivity index is 1.71. The van der Waals surface area contributed by atoms with Crippen molar-refractivity contribution in [3.63, 3.8) is 0 Å². The van der Waals surface area contributed by atoms with Crippen molar-refractivity contribution in [3.05, 3.63) is 71.4 Å². The lowest BCUT2D eigenvalue weighted by Crippen LogP contribution is -2.26. The lowest BCUT2D eigenvalue weighted by atomic mass is 10.1. The molecule has 0 aliphatic carbocycles. The molecule has 1 aliphatic rings. The highest BCUT2D eigenvalue weighted by Gasteiger charge is 2.22. The Bertz CT molecular complexity index is 1230. The number of aromatic nitrogens is 3. The van der Waals surface area contributed by atoms with Crippen molar-refractivity contribution in [2.75, 3.05) is 0 Å². The predicted octanol–water partition coefficient (Wildman–Crippen LogP) is 4.75. The van der Waals surface area contributed by atoms with Crippen LogP contribution < -0.4 is 0 Å². The molecule has 1 aromatic carbocycles. The van der Waals surface area contributed by atoms with Gasteiger partial charge in [-0.15, -0.1) is 0 Å². The Morgan fingerprint density at radius 1 is 1.12 bits per heavy atom. The smallest absolute Gasteiger partial charge is 0.326 e. The maximum absolute atomic E-state index is 12.5. The van der Waals surface area contributed by atoms with Crippen LogP contribution in [0.2, 0.25) is 0 Å². The maximum Gasteiger partial charge on any atom is 0.326 e. The van der Waals surface area contributed by atoms with E-state index < -0.39 is 11.6 Å². The summed E-state index contributed by atoms with van der Waals surface area (Å²) in [5.74, 6) is -0.147. The van der Waals surface area contributed by atoms with Crippen molar-refractivity contribution in [3.8, 4) is 5.88 Å². The summed E-state index contributed by atoms with van der Waals surface area (Å²) >= 11 is 0. The van der Waals surface area contributed by atoms with Crippen LogP contribution in [0.25, 0.3) is 23.8 Å². The number of aliphatic imine (C=N–C) groups is 1. The minimum atomic E-state index is -0.630. The largest absolute Gasteiger partial charge is 0.493 e. The summed E-state index contributed by atoms with van der Waals surface area (Å²) in [5.41, 5.74) is 3.30. The maximum atomic E-state index is 12.5. The van der Waals surface area contributed by atoms with Gasteiger partial charge in [-0.1, -0.05) is 24.3 Å². The molecule has 2 aromatic heterocycles. The molecule has 162 valence electrons. The number of carbonyl (C=O) groups is 1. The highest BCUT2D eigenvalue weighted by atomic mass is 16.6. The molecule has 0 atom stereocenters. The van der Waals surface area contributed by atoms with E-state index in [1.807, 2.05) is 42.5 Å². The van der Waals surface area contributed by atoms with Gasteiger partial charge in [0, 0.05) is 29.7 Å². The number of nitrogens with zero attached hydrogens (tertiary/aromatic N) is 4. The Morgan fingerprint density at radius 2 is 1.88 bits per heavy atom. The van der Waals surface area contributed by atoms with Crippen molar-refractivity contribution in [1.29, 1.82) is 0 Å². The Hall–Kier alpha value is -4.00. The number of allylic oxidation sites excluding steroid dienone is 1. The fourth-order valence-electron chi connectivity index (χ4n) is 3.31. The van der Waals surface area contributed by atoms with E-state index in [1.54, 1.807) is 51.5 Å². The summed E-state index contributed by atoms with van der Waals surface area (Å²) in [7, 11) is 0. The first-order valence-corrected chi connectivity index (χ1v) is 10.2. The zero-order chi connectivity index (χ0) is 22.7. The normalized spacial score (nSPS) is 14.3. The highest BCUT2D eigenvalue weighted by Crippen LogP contribution is 2.33. The second kappa shape index (κ2) is 8.63. The number of carbonyl (C=O) groups excluding carboxylic acids is 1. The molecular weight excluding hydrogens is 404 g/mol. The molecule has 7 nitrogen and oxygen atoms in total. The van der Waals surface area contributed by atoms with Gasteiger partial charge in [0.2, 0.25) is 5.88 Å². The van der Waals surface area contributed by atoms with E-state index in [9.17, 15) is 9.90 Å². The fourth-order valence-corrected chi connectivity index (χ4v) is 3.31. The van der Waals surface area contributed by atoms with E-state index in [0.29, 0.717) is 11.5 Å². The molecule has 0 radical (unpaired) electrons. The van der Waals surface area contributed by atoms with Gasteiger partial charge in [0.15, 0.2) is 0 Å². The highest BCUT2D eigenvalue weighted by molar-refractivity contribution is 6.21. The van der Waals surface area contributed by atoms with Crippen LogP contribution in [0, 0.1) is 0 Å². The van der Waals surface area contributed by atoms with Crippen LogP contribution in [-0.4, -0.2) is 37.4 Å². The van der Waals surface area contributed by atoms with Gasteiger partial charge < -0.3 is 9.84 Å². The molecule has 0 amide bonds. The first-order valence-electron chi connectivity index (χ1n) is 10.2. The van der Waals surface area contributed by atoms with Crippen LogP contribution in [0.4, 0.5) is 5.69 Å². The predicted molar refractivity (Wildman–Crippen MR) is 125 cm³/mol. The van der Waals surface area contributed by atoms with Gasteiger partial charge in [0.1, 0.15) is 23.7 Å². The van der Waals surface area contributed by atoms with E-state index in [-0.39, 0.29) is 12.4 Å². The van der Waals surface area contributed by atoms with Crippen molar-refractivity contribution >= 4 is 41.7 Å². The molecule has 1 N–H and O–H groups in total. The molecule has 7 heteroatoms. The second-order valence-electron chi connectivity index (χ2n) is 8.34. The number of aromatic hydroxyl groups is 1. The van der Waals surface area contributed by atoms with Crippen LogP contribution in [-0.2, 0) is 16.1 Å². The number of hydrogen-bond acceptors (Lipinski definition) is 6. The number of pyridine rings is 1. The quantitative estimate of drug-likeness (QED) is 0.592. The van der Waals surface area contributed by atoms with Gasteiger partial charge in [-0.05, 0) is 56.7 Å². The number of fused-ring (bicyclic) bond motifs is 1. The summed E-state index contributed by atoms with van der Waals surface area (Å²) in [6.45, 7) is 5.24. The first-order chi connectivity index (χ1) is 15.3. The molecule has 0 spiro atoms. The number of benzene rings is 1. The van der Waals surface area contributed by atoms with Gasteiger partial charge in [-0.25, -0.2) is 4.98 Å². The van der Waals surface area contributed by atoms with Crippen molar-refractivity contribution in [1.82, 2.24) is 14.5 Å². The third-order valence-corrected chi connectivity index (χ3v) is 4.68. The standard InChI is InChI=1S/C25H24N4O3/c1-25(2,3)32-23(30)16-29-22(9-8-17-10-12-26-13-11-17)28-21(24(29)31)14-18-15-27-20-7-5-4-6-19(18)20/h4-15,31H,16H2,1-3H3/b9-8+,18-14?. The molecular formula is C25H24N4O3. The molecule has 0 fully saturated rings. The van der Waals surface area contributed by atoms with E-state index in [1.165, 1.54) is 4.57 Å². The SMILES string of the molecule is CC(C)(C)OC(=O)Cn1c(/C=C/c2ccncc2)nc(C=C2C=Nc3ccccc32)c1O. The minimum absolute atomic E-state index is 0.115. The summed E-state index contributed by atoms with van der Waals surface area (Å²) in [4.78, 5) is 25.5. The van der Waals surface area contributed by atoms with Crippen molar-refractivity contribution in [2.45, 2.75) is 32.9 Å². The first kappa shape index (κ1) is 21.2. The number of ether oxygens (including phenoxy) is 1. The molecule has 0 saturated carbocycles. The minimum Gasteiger partial charge on any atom is -0.493 e. The zero-order valence-corrected chi connectivity index (χ0v) is 18.2. The van der Waals surface area contributed by atoms with E-state index in [0.717, 1.165) is 22.4 Å². The van der Waals surface area contributed by atoms with Crippen LogP contribution in [0.15, 0.2) is 53.8 Å². The monoisotopic (exact) mass is 428 g/mol. The third-order valence-electron chi connectivity index (χ3n) is 4.68. The molecule has 0 saturated heterocycles. The van der Waals surface area contributed by atoms with E-state index in [2.05, 4.69) is 15.0 Å². The average Bonchev–Trinajstić information content (AvgIpc) is 3.28. The second-order valence-corrected chi connectivity index (χ2v) is 8.34. The molecule has 32 heavy (non-hydrogen) atoms. The number of rotatable bonds is 5. The van der Waals surface area contributed by atoms with Gasteiger partial charge >= 0.3 is 5.97 Å². The van der Waals surface area contributed by atoms with Gasteiger partial charge in [0.25, 0.3) is 0 Å². The number of esters is 1. The summed E-state index contributed by atoms with van der Waals surface area (Å²) in [6.07, 6.45) is 10.5. The Morgan fingerprint density at radius 3 is 2.62 bits per heavy atom. The summed E-state index contributed by atoms with van der Waals surface area (Å²) in [6, 6.07) is 11.5. The third kappa shape index (κ3) is 4.83. The molecule has 0 unspecified atom stereocenters. The molecule has 4 rings (SSSR count). The van der Waals surface area contributed by atoms with Crippen LogP contribution in [0.1, 0.15) is 43.4 Å². The van der Waals surface area contributed by atoms with Gasteiger partial charge in [0.05, 0.1) is 5.69 Å². The van der Waals surface area contributed by atoms with Crippen LogP contribution in [0.3, 0.4) is 0 Å². The number of para-hydroxylation sites is 1. The zero-order valence-electron chi connectivity index (χ0n) is 18.2. The van der Waals surface area contributed by atoms with E-state index in [4.69, 9.17) is 4.74 Å². The summed E-state index contributed by atoms with van der Waals surface area (Å²) in [5, 5.41) is 10.9. The van der Waals surface area contributed by atoms with Crippen LogP contribution in [0.5, 0.6) is 5.88 Å². The fraction of sp³-hybridized carbons (Fsp3) is 0.200. The molecule has 0 bridgehead atoms. The lowest BCUT2D eigenvalue weighted by molar-refractivity contribution is -0.155. The van der Waals surface area contributed by atoms with Crippen molar-refractivity contribution < 1.29 is 14.6 Å². The average molecular weight is 428 g/mol. The lowest BCUT2D eigenvalue weighted by Gasteiger charge is -2.20. The topological polar surface area (TPSA) is 89.6 Å². The summed E-state index contributed by atoms with van der Waals surface area (Å²) < 4.78 is 6.88. The number of hydrogen-bond donors (Lipinski definition) is 1.